The molecule has 0 fully saturated rings. The number of nitrogens with one attached hydrogen (secondary N) is 2. The Morgan fingerprint density at radius 2 is 2.06 bits per heavy atom. The summed E-state index contributed by atoms with van der Waals surface area (Å²) in [7, 11) is 0. The molecule has 1 aliphatic rings. The highest BCUT2D eigenvalue weighted by atomic mass is 19.1. The fourth-order valence-electron chi connectivity index (χ4n) is 4.21. The largest absolute Gasteiger partial charge is 0.381 e. The molecule has 3 heterocycles. The van der Waals surface area contributed by atoms with Crippen LogP contribution in [0.1, 0.15) is 40.9 Å². The number of aryl methyl sites for hydroxylation is 1. The van der Waals surface area contributed by atoms with Gasteiger partial charge in [-0.1, -0.05) is 19.1 Å². The molecule has 8 heteroatoms. The van der Waals surface area contributed by atoms with Crippen LogP contribution in [0.2, 0.25) is 0 Å². The first-order valence-electron chi connectivity index (χ1n) is 11.0. The van der Waals surface area contributed by atoms with Crippen LogP contribution in [0.3, 0.4) is 0 Å². The summed E-state index contributed by atoms with van der Waals surface area (Å²) < 4.78 is 20.2. The second-order valence-corrected chi connectivity index (χ2v) is 7.70. The van der Waals surface area contributed by atoms with Gasteiger partial charge in [0.25, 0.3) is 11.5 Å². The van der Waals surface area contributed by atoms with Gasteiger partial charge < -0.3 is 19.9 Å². The molecule has 3 aromatic rings. The Hall–Kier alpha value is -3.26. The molecule has 0 saturated heterocycles. The van der Waals surface area contributed by atoms with Gasteiger partial charge in [-0.05, 0) is 36.6 Å². The number of benzene rings is 1. The Kier molecular flexibility index (Phi) is 6.50. The van der Waals surface area contributed by atoms with Gasteiger partial charge in [-0.15, -0.1) is 0 Å². The first-order valence-corrected chi connectivity index (χ1v) is 11.0. The van der Waals surface area contributed by atoms with E-state index in [4.69, 9.17) is 4.74 Å². The average Bonchev–Trinajstić information content (AvgIpc) is 2.81. The van der Waals surface area contributed by atoms with Crippen molar-refractivity contribution in [3.05, 3.63) is 68.9 Å². The standard InChI is InChI=1S/C24H27FN4O3/c1-3-18-19(23(30)27-10-12-32-4-2)24(31)29-11-9-26-20-16(14-28-21(18)22(20)29)13-15-5-7-17(25)8-6-15/h5-8,14,26H,3-4,9-13H2,1-2H3,(H,27,30). The molecule has 32 heavy (non-hydrogen) atoms. The number of hydrogen-bond donors (Lipinski definition) is 2. The first-order chi connectivity index (χ1) is 15.5. The van der Waals surface area contributed by atoms with Crippen molar-refractivity contribution in [1.82, 2.24) is 14.9 Å². The Morgan fingerprint density at radius 3 is 2.78 bits per heavy atom. The third-order valence-corrected chi connectivity index (χ3v) is 5.71. The van der Waals surface area contributed by atoms with Crippen molar-refractivity contribution in [2.75, 3.05) is 31.6 Å². The lowest BCUT2D eigenvalue weighted by atomic mass is 9.98. The summed E-state index contributed by atoms with van der Waals surface area (Å²) in [5.41, 5.74) is 4.61. The quantitative estimate of drug-likeness (QED) is 0.529. The maximum absolute atomic E-state index is 13.4. The molecule has 0 saturated carbocycles. The van der Waals surface area contributed by atoms with Crippen LogP contribution in [0.4, 0.5) is 10.1 Å². The Bertz CT molecular complexity index is 1200. The van der Waals surface area contributed by atoms with Crippen molar-refractivity contribution in [2.45, 2.75) is 33.2 Å². The predicted octanol–water partition coefficient (Wildman–Crippen LogP) is 2.88. The van der Waals surface area contributed by atoms with Gasteiger partial charge in [0.05, 0.1) is 23.3 Å². The monoisotopic (exact) mass is 438 g/mol. The third kappa shape index (κ3) is 4.10. The van der Waals surface area contributed by atoms with Gasteiger partial charge in [0.2, 0.25) is 0 Å². The lowest BCUT2D eigenvalue weighted by molar-refractivity contribution is 0.0920. The summed E-state index contributed by atoms with van der Waals surface area (Å²) in [6, 6.07) is 6.36. The maximum atomic E-state index is 13.4. The van der Waals surface area contributed by atoms with E-state index in [9.17, 15) is 14.0 Å². The van der Waals surface area contributed by atoms with Gasteiger partial charge in [-0.2, -0.15) is 0 Å². The summed E-state index contributed by atoms with van der Waals surface area (Å²) in [6.07, 6.45) is 2.84. The van der Waals surface area contributed by atoms with E-state index >= 15 is 0 Å². The lowest BCUT2D eigenvalue weighted by Crippen LogP contribution is -2.38. The van der Waals surface area contributed by atoms with Crippen LogP contribution in [-0.2, 0) is 24.1 Å². The number of aromatic nitrogens is 2. The molecule has 0 unspecified atom stereocenters. The molecule has 1 amide bonds. The van der Waals surface area contributed by atoms with E-state index in [2.05, 4.69) is 15.6 Å². The second kappa shape index (κ2) is 9.48. The number of anilines is 1. The van der Waals surface area contributed by atoms with Gasteiger partial charge in [-0.25, -0.2) is 4.39 Å². The van der Waals surface area contributed by atoms with E-state index in [0.717, 1.165) is 22.3 Å². The molecule has 7 nitrogen and oxygen atoms in total. The van der Waals surface area contributed by atoms with E-state index < -0.39 is 5.91 Å². The van der Waals surface area contributed by atoms with Crippen molar-refractivity contribution in [2.24, 2.45) is 0 Å². The maximum Gasteiger partial charge on any atom is 0.264 e. The van der Waals surface area contributed by atoms with E-state index in [1.165, 1.54) is 12.1 Å². The average molecular weight is 439 g/mol. The Labute approximate surface area is 185 Å². The van der Waals surface area contributed by atoms with Crippen molar-refractivity contribution in [3.63, 3.8) is 0 Å². The van der Waals surface area contributed by atoms with Crippen LogP contribution in [0.15, 0.2) is 35.3 Å². The molecule has 0 atom stereocenters. The number of halogens is 1. The van der Waals surface area contributed by atoms with Gasteiger partial charge >= 0.3 is 0 Å². The molecule has 2 N–H and O–H groups in total. The van der Waals surface area contributed by atoms with E-state index in [-0.39, 0.29) is 16.9 Å². The van der Waals surface area contributed by atoms with Crippen LogP contribution in [-0.4, -0.2) is 41.8 Å². The molecular formula is C24H27FN4O3. The fraction of sp³-hybridized carbons (Fsp3) is 0.375. The number of amides is 1. The molecule has 1 aromatic carbocycles. The Morgan fingerprint density at radius 1 is 1.28 bits per heavy atom. The van der Waals surface area contributed by atoms with Crippen molar-refractivity contribution in [3.8, 4) is 0 Å². The minimum atomic E-state index is -0.394. The highest BCUT2D eigenvalue weighted by Crippen LogP contribution is 2.32. The van der Waals surface area contributed by atoms with Crippen LogP contribution in [0.25, 0.3) is 11.0 Å². The van der Waals surface area contributed by atoms with Crippen LogP contribution in [0, 0.1) is 5.82 Å². The number of ether oxygens (including phenoxy) is 1. The zero-order valence-electron chi connectivity index (χ0n) is 18.3. The highest BCUT2D eigenvalue weighted by molar-refractivity contribution is 6.02. The molecule has 0 spiro atoms. The topological polar surface area (TPSA) is 85.2 Å². The molecule has 1 aliphatic heterocycles. The van der Waals surface area contributed by atoms with Gasteiger partial charge in [-0.3, -0.25) is 14.6 Å². The van der Waals surface area contributed by atoms with Gasteiger partial charge in [0.15, 0.2) is 0 Å². The molecule has 0 radical (unpaired) electrons. The van der Waals surface area contributed by atoms with Crippen molar-refractivity contribution in [1.29, 1.82) is 0 Å². The van der Waals surface area contributed by atoms with Crippen molar-refractivity contribution < 1.29 is 13.9 Å². The highest BCUT2D eigenvalue weighted by Gasteiger charge is 2.26. The van der Waals surface area contributed by atoms with Crippen LogP contribution >= 0.6 is 0 Å². The zero-order chi connectivity index (χ0) is 22.7. The number of rotatable bonds is 8. The molecule has 168 valence electrons. The lowest BCUT2D eigenvalue weighted by Gasteiger charge is -2.25. The normalized spacial score (nSPS) is 12.6. The van der Waals surface area contributed by atoms with Gasteiger partial charge in [0.1, 0.15) is 11.4 Å². The third-order valence-electron chi connectivity index (χ3n) is 5.71. The van der Waals surface area contributed by atoms with Crippen LogP contribution < -0.4 is 16.2 Å². The number of hydrogen-bond acceptors (Lipinski definition) is 5. The first kappa shape index (κ1) is 22.0. The fourth-order valence-corrected chi connectivity index (χ4v) is 4.21. The molecular weight excluding hydrogens is 411 g/mol. The molecule has 0 aliphatic carbocycles. The summed E-state index contributed by atoms with van der Waals surface area (Å²) >= 11 is 0. The summed E-state index contributed by atoms with van der Waals surface area (Å²) in [5, 5.41) is 6.21. The number of carbonyl (C=O) groups is 1. The molecule has 4 rings (SSSR count). The smallest absolute Gasteiger partial charge is 0.264 e. The zero-order valence-corrected chi connectivity index (χ0v) is 18.3. The number of nitrogens with zero attached hydrogens (tertiary/aromatic N) is 2. The van der Waals surface area contributed by atoms with E-state index in [1.54, 1.807) is 22.9 Å². The molecule has 2 aromatic heterocycles. The van der Waals surface area contributed by atoms with Crippen molar-refractivity contribution >= 4 is 22.6 Å². The predicted molar refractivity (Wildman–Crippen MR) is 122 cm³/mol. The minimum absolute atomic E-state index is 0.156. The van der Waals surface area contributed by atoms with E-state index in [0.29, 0.717) is 56.8 Å². The molecule has 0 bridgehead atoms. The van der Waals surface area contributed by atoms with Crippen LogP contribution in [0.5, 0.6) is 0 Å². The van der Waals surface area contributed by atoms with Gasteiger partial charge in [0, 0.05) is 44.4 Å². The number of pyridine rings is 2. The Balaban J connectivity index is 1.80. The summed E-state index contributed by atoms with van der Waals surface area (Å²) in [6.45, 7) is 6.13. The second-order valence-electron chi connectivity index (χ2n) is 7.70. The van der Waals surface area contributed by atoms with E-state index in [1.807, 2.05) is 13.8 Å². The summed E-state index contributed by atoms with van der Waals surface area (Å²) in [5.74, 6) is -0.673. The minimum Gasteiger partial charge on any atom is -0.381 e. The number of carbonyl (C=O) groups excluding carboxylic acids is 1. The SMILES string of the molecule is CCOCCNC(=O)c1c(CC)c2ncc(Cc3ccc(F)cc3)c3c2n(c1=O)CCN3. The summed E-state index contributed by atoms with van der Waals surface area (Å²) in [4.78, 5) is 31.0.